The Hall–Kier alpha value is -0.450. The summed E-state index contributed by atoms with van der Waals surface area (Å²) in [4.78, 5) is 6.39. The van der Waals surface area contributed by atoms with E-state index in [4.69, 9.17) is 9.72 Å². The molecule has 1 aromatic heterocycles. The van der Waals surface area contributed by atoms with Crippen molar-refractivity contribution in [2.75, 3.05) is 6.54 Å². The molecule has 1 fully saturated rings. The summed E-state index contributed by atoms with van der Waals surface area (Å²) in [5.41, 5.74) is 1.31. The number of aryl methyl sites for hydroxylation is 1. The van der Waals surface area contributed by atoms with Crippen molar-refractivity contribution in [3.05, 3.63) is 15.6 Å². The first kappa shape index (κ1) is 12.6. The SMILES string of the molecule is CCNC1CCCc2sc(C3CCC(C)O3)nc21. The maximum atomic E-state index is 5.95. The summed E-state index contributed by atoms with van der Waals surface area (Å²) in [6.45, 7) is 5.35. The van der Waals surface area contributed by atoms with Crippen LogP contribution in [0.5, 0.6) is 0 Å². The summed E-state index contributed by atoms with van der Waals surface area (Å²) in [7, 11) is 0. The Morgan fingerprint density at radius 3 is 3.00 bits per heavy atom. The topological polar surface area (TPSA) is 34.1 Å². The van der Waals surface area contributed by atoms with Crippen LogP contribution in [0.15, 0.2) is 0 Å². The largest absolute Gasteiger partial charge is 0.368 e. The number of nitrogens with one attached hydrogen (secondary N) is 1. The van der Waals surface area contributed by atoms with Crippen LogP contribution in [0.25, 0.3) is 0 Å². The highest BCUT2D eigenvalue weighted by molar-refractivity contribution is 7.11. The van der Waals surface area contributed by atoms with Gasteiger partial charge in [0.2, 0.25) is 0 Å². The van der Waals surface area contributed by atoms with Crippen LogP contribution in [-0.2, 0) is 11.2 Å². The van der Waals surface area contributed by atoms with Crippen LogP contribution < -0.4 is 5.32 Å². The van der Waals surface area contributed by atoms with Gasteiger partial charge < -0.3 is 10.1 Å². The van der Waals surface area contributed by atoms with E-state index in [0.717, 1.165) is 13.0 Å². The molecule has 1 aliphatic carbocycles. The predicted molar refractivity (Wildman–Crippen MR) is 74.0 cm³/mol. The Morgan fingerprint density at radius 1 is 1.39 bits per heavy atom. The van der Waals surface area contributed by atoms with Crippen LogP contribution in [0.2, 0.25) is 0 Å². The van der Waals surface area contributed by atoms with E-state index in [1.807, 2.05) is 11.3 Å². The van der Waals surface area contributed by atoms with Crippen molar-refractivity contribution in [3.8, 4) is 0 Å². The Kier molecular flexibility index (Phi) is 3.68. The molecule has 2 aliphatic rings. The van der Waals surface area contributed by atoms with Gasteiger partial charge in [0.1, 0.15) is 11.1 Å². The van der Waals surface area contributed by atoms with E-state index in [-0.39, 0.29) is 6.10 Å². The van der Waals surface area contributed by atoms with Gasteiger partial charge in [-0.05, 0) is 45.6 Å². The quantitative estimate of drug-likeness (QED) is 0.911. The lowest BCUT2D eigenvalue weighted by Gasteiger charge is -2.21. The molecule has 1 saturated heterocycles. The van der Waals surface area contributed by atoms with Gasteiger partial charge in [0.05, 0.1) is 17.8 Å². The molecule has 2 heterocycles. The second-order valence-electron chi connectivity index (χ2n) is 5.38. The average molecular weight is 266 g/mol. The Balaban J connectivity index is 1.82. The third kappa shape index (κ3) is 2.33. The highest BCUT2D eigenvalue weighted by Gasteiger charge is 2.30. The minimum atomic E-state index is 0.262. The maximum absolute atomic E-state index is 5.95. The van der Waals surface area contributed by atoms with Gasteiger partial charge in [-0.1, -0.05) is 6.92 Å². The summed E-state index contributed by atoms with van der Waals surface area (Å²) >= 11 is 1.89. The van der Waals surface area contributed by atoms with Crippen molar-refractivity contribution in [2.24, 2.45) is 0 Å². The molecule has 100 valence electrons. The van der Waals surface area contributed by atoms with Gasteiger partial charge in [-0.15, -0.1) is 11.3 Å². The fourth-order valence-electron chi connectivity index (χ4n) is 3.00. The number of hydrogen-bond donors (Lipinski definition) is 1. The van der Waals surface area contributed by atoms with Crippen molar-refractivity contribution in [1.82, 2.24) is 10.3 Å². The van der Waals surface area contributed by atoms with E-state index >= 15 is 0 Å². The number of hydrogen-bond acceptors (Lipinski definition) is 4. The number of thiazole rings is 1. The van der Waals surface area contributed by atoms with Gasteiger partial charge in [-0.2, -0.15) is 0 Å². The van der Waals surface area contributed by atoms with Gasteiger partial charge in [0.15, 0.2) is 0 Å². The number of nitrogens with zero attached hydrogens (tertiary/aromatic N) is 1. The normalized spacial score (nSPS) is 31.6. The minimum absolute atomic E-state index is 0.262. The lowest BCUT2D eigenvalue weighted by Crippen LogP contribution is -2.24. The van der Waals surface area contributed by atoms with Gasteiger partial charge in [0, 0.05) is 4.88 Å². The smallest absolute Gasteiger partial charge is 0.122 e. The van der Waals surface area contributed by atoms with Crippen LogP contribution in [-0.4, -0.2) is 17.6 Å². The van der Waals surface area contributed by atoms with E-state index in [0.29, 0.717) is 12.1 Å². The maximum Gasteiger partial charge on any atom is 0.122 e. The number of ether oxygens (including phenoxy) is 1. The molecule has 0 bridgehead atoms. The lowest BCUT2D eigenvalue weighted by molar-refractivity contribution is 0.0553. The fraction of sp³-hybridized carbons (Fsp3) is 0.786. The summed E-state index contributed by atoms with van der Waals surface area (Å²) in [5, 5.41) is 4.77. The molecule has 0 amide bonds. The second kappa shape index (κ2) is 5.27. The third-order valence-electron chi connectivity index (χ3n) is 3.93. The van der Waals surface area contributed by atoms with Crippen LogP contribution in [0, 0.1) is 0 Å². The summed E-state index contributed by atoms with van der Waals surface area (Å²) in [5.74, 6) is 0. The highest BCUT2D eigenvalue weighted by Crippen LogP contribution is 2.40. The second-order valence-corrected chi connectivity index (χ2v) is 6.49. The number of fused-ring (bicyclic) bond motifs is 1. The third-order valence-corrected chi connectivity index (χ3v) is 5.15. The Labute approximate surface area is 113 Å². The van der Waals surface area contributed by atoms with Crippen molar-refractivity contribution >= 4 is 11.3 Å². The van der Waals surface area contributed by atoms with E-state index < -0.39 is 0 Å². The van der Waals surface area contributed by atoms with Crippen molar-refractivity contribution in [3.63, 3.8) is 0 Å². The monoisotopic (exact) mass is 266 g/mol. The van der Waals surface area contributed by atoms with E-state index in [9.17, 15) is 0 Å². The molecular weight excluding hydrogens is 244 g/mol. The first-order valence-corrected chi connectivity index (χ1v) is 7.98. The van der Waals surface area contributed by atoms with Crippen molar-refractivity contribution < 1.29 is 4.74 Å². The molecule has 18 heavy (non-hydrogen) atoms. The standard InChI is InChI=1S/C14H22N2OS/c1-3-15-10-5-4-6-12-13(10)16-14(18-12)11-8-7-9(2)17-11/h9-11,15H,3-8H2,1-2H3. The zero-order chi connectivity index (χ0) is 12.5. The molecule has 0 saturated carbocycles. The van der Waals surface area contributed by atoms with Gasteiger partial charge in [-0.3, -0.25) is 0 Å². The van der Waals surface area contributed by atoms with Crippen molar-refractivity contribution in [2.45, 2.75) is 64.2 Å². The van der Waals surface area contributed by atoms with Crippen LogP contribution >= 0.6 is 11.3 Å². The molecule has 0 spiro atoms. The lowest BCUT2D eigenvalue weighted by atomic mass is 9.98. The molecule has 3 nitrogen and oxygen atoms in total. The molecule has 4 heteroatoms. The number of rotatable bonds is 3. The van der Waals surface area contributed by atoms with Gasteiger partial charge in [0.25, 0.3) is 0 Å². The van der Waals surface area contributed by atoms with Crippen molar-refractivity contribution in [1.29, 1.82) is 0 Å². The zero-order valence-electron chi connectivity index (χ0n) is 11.2. The average Bonchev–Trinajstić information content (AvgIpc) is 2.95. The van der Waals surface area contributed by atoms with Crippen LogP contribution in [0.1, 0.15) is 67.3 Å². The minimum Gasteiger partial charge on any atom is -0.368 e. The molecule has 1 aliphatic heterocycles. The fourth-order valence-corrected chi connectivity index (χ4v) is 4.24. The highest BCUT2D eigenvalue weighted by atomic mass is 32.1. The molecule has 0 radical (unpaired) electrons. The molecule has 3 unspecified atom stereocenters. The summed E-state index contributed by atoms with van der Waals surface area (Å²) in [6, 6.07) is 0.475. The first-order valence-electron chi connectivity index (χ1n) is 7.16. The first-order chi connectivity index (χ1) is 8.78. The van der Waals surface area contributed by atoms with E-state index in [1.54, 1.807) is 0 Å². The Bertz CT molecular complexity index is 418. The molecule has 1 aromatic rings. The molecule has 3 rings (SSSR count). The van der Waals surface area contributed by atoms with Crippen LogP contribution in [0.4, 0.5) is 0 Å². The summed E-state index contributed by atoms with van der Waals surface area (Å²) in [6.07, 6.45) is 6.70. The summed E-state index contributed by atoms with van der Waals surface area (Å²) < 4.78 is 5.95. The van der Waals surface area contributed by atoms with E-state index in [1.165, 1.54) is 41.3 Å². The van der Waals surface area contributed by atoms with E-state index in [2.05, 4.69) is 19.2 Å². The van der Waals surface area contributed by atoms with Gasteiger partial charge in [-0.25, -0.2) is 4.98 Å². The van der Waals surface area contributed by atoms with Crippen LogP contribution in [0.3, 0.4) is 0 Å². The molecule has 1 N–H and O–H groups in total. The van der Waals surface area contributed by atoms with Gasteiger partial charge >= 0.3 is 0 Å². The molecular formula is C14H22N2OS. The predicted octanol–water partition coefficient (Wildman–Crippen LogP) is 3.37. The zero-order valence-corrected chi connectivity index (χ0v) is 12.1. The molecule has 0 aromatic carbocycles. The molecule has 3 atom stereocenters. The number of aromatic nitrogens is 1. The Morgan fingerprint density at radius 2 is 2.28 bits per heavy atom.